The molecule has 3 aromatic rings. The van der Waals surface area contributed by atoms with Crippen molar-refractivity contribution in [2.24, 2.45) is 22.4 Å². The molecule has 1 aromatic heterocycles. The van der Waals surface area contributed by atoms with Crippen LogP contribution >= 0.6 is 21.6 Å². The Bertz CT molecular complexity index is 2360. The van der Waals surface area contributed by atoms with Crippen LogP contribution in [0.25, 0.3) is 0 Å². The van der Waals surface area contributed by atoms with Crippen molar-refractivity contribution in [2.75, 3.05) is 32.4 Å². The second kappa shape index (κ2) is 27.7. The Morgan fingerprint density at radius 3 is 2.26 bits per heavy atom. The number of carboxylic acid groups (broad SMARTS) is 1. The van der Waals surface area contributed by atoms with Crippen LogP contribution in [-0.4, -0.2) is 158 Å². The lowest BCUT2D eigenvalue weighted by molar-refractivity contribution is -0.145. The number of fused-ring (bicyclic) bond motifs is 2. The molecule has 2 bridgehead atoms. The third-order valence-electron chi connectivity index (χ3n) is 11.9. The summed E-state index contributed by atoms with van der Waals surface area (Å²) in [6.45, 7) is 3.62. The van der Waals surface area contributed by atoms with Crippen molar-refractivity contribution in [2.45, 2.75) is 106 Å². The molecule has 23 nitrogen and oxygen atoms in total. The first-order valence-electron chi connectivity index (χ1n) is 23.5. The summed E-state index contributed by atoms with van der Waals surface area (Å²) in [4.78, 5) is 123. The van der Waals surface area contributed by atoms with Gasteiger partial charge >= 0.3 is 5.97 Å². The van der Waals surface area contributed by atoms with E-state index in [4.69, 9.17) is 11.5 Å². The number of rotatable bonds is 23. The van der Waals surface area contributed by atoms with Crippen molar-refractivity contribution in [3.05, 3.63) is 83.9 Å². The largest absolute Gasteiger partial charge is 0.508 e. The van der Waals surface area contributed by atoms with Gasteiger partial charge in [0.2, 0.25) is 41.4 Å². The number of nitrogens with one attached hydrogen (secondary N) is 8. The summed E-state index contributed by atoms with van der Waals surface area (Å²) in [6.07, 6.45) is 3.44. The predicted molar refractivity (Wildman–Crippen MR) is 271 cm³/mol. The molecule has 5 rings (SSSR count). The van der Waals surface area contributed by atoms with Crippen LogP contribution in [0, 0.1) is 5.92 Å². The zero-order valence-corrected chi connectivity index (χ0v) is 41.9. The average Bonchev–Trinajstić information content (AvgIpc) is 4.03. The number of benzene rings is 2. The number of aromatic nitrogens is 2. The first-order valence-corrected chi connectivity index (χ1v) is 25.9. The van der Waals surface area contributed by atoms with Crippen molar-refractivity contribution in [3.8, 4) is 5.75 Å². The molecule has 2 aromatic carbocycles. The Morgan fingerprint density at radius 1 is 0.903 bits per heavy atom. The van der Waals surface area contributed by atoms with Crippen molar-refractivity contribution in [1.29, 1.82) is 0 Å². The molecule has 0 saturated carbocycles. The van der Waals surface area contributed by atoms with Gasteiger partial charge in [-0.15, -0.1) is 0 Å². The average molecular weight is 1040 g/mol. The number of guanidine groups is 1. The fourth-order valence-electron chi connectivity index (χ4n) is 8.12. The van der Waals surface area contributed by atoms with Crippen LogP contribution in [0.1, 0.15) is 56.4 Å². The Morgan fingerprint density at radius 2 is 1.61 bits per heavy atom. The number of aliphatic carboxylic acids is 1. The summed E-state index contributed by atoms with van der Waals surface area (Å²) in [5.41, 5.74) is 12.6. The van der Waals surface area contributed by atoms with E-state index < -0.39 is 95.5 Å². The lowest BCUT2D eigenvalue weighted by Crippen LogP contribution is -2.61. The van der Waals surface area contributed by atoms with Crippen molar-refractivity contribution >= 4 is 74.9 Å². The van der Waals surface area contributed by atoms with Crippen LogP contribution in [0.2, 0.25) is 0 Å². The Balaban J connectivity index is 1.37. The summed E-state index contributed by atoms with van der Waals surface area (Å²) in [7, 11) is 4.36. The van der Waals surface area contributed by atoms with Gasteiger partial charge in [0.25, 0.3) is 0 Å². The van der Waals surface area contributed by atoms with Crippen LogP contribution < -0.4 is 48.7 Å². The van der Waals surface area contributed by atoms with Gasteiger partial charge in [0.05, 0.1) is 12.9 Å². The quantitative estimate of drug-likeness (QED) is 0.0230. The van der Waals surface area contributed by atoms with Crippen LogP contribution in [0.15, 0.2) is 72.1 Å². The molecule has 2 aliphatic heterocycles. The standard InChI is InChI=1S/C47H65N13O10S2/c1-26(2)39(59-41(64)32(54-38(62)23-50-3)10-7-16-52-47(48)49)44(67)56-34(18-28-11-13-30(61)14-12-28)42(65)55-33-15-17-71-72-31-21-37(43(66)58-36(46(69)70)19-27-8-5-4-6-9-27)60(24-31)45(68)35(57-40(33)63)20-29-22-51-25-53-29/h4-6,8-9,11-14,22,25-26,31-37,39,50,61H,7,10,15-21,23-24H2,1-3H3,(H,51,53)(H,54,62)(H,55,65)(H,56,67)(H,57,63)(H,58,66)(H,59,64)(H,69,70)(H4,48,49,52)/t31-,32+,33-,34+,35-,36+,37+,39+/m1/s1. The van der Waals surface area contributed by atoms with Gasteiger partial charge < -0.3 is 68.8 Å². The number of amides is 7. The number of phenolic OH excluding ortho intramolecular Hbond substituents is 1. The molecule has 72 heavy (non-hydrogen) atoms. The molecular weight excluding hydrogens is 971 g/mol. The number of nitrogens with two attached hydrogens (primary N) is 2. The third-order valence-corrected chi connectivity index (χ3v) is 14.7. The van der Waals surface area contributed by atoms with E-state index in [0.29, 0.717) is 29.0 Å². The van der Waals surface area contributed by atoms with E-state index >= 15 is 0 Å². The molecule has 0 spiro atoms. The normalized spacial score (nSPS) is 19.8. The van der Waals surface area contributed by atoms with Gasteiger partial charge in [-0.25, -0.2) is 9.78 Å². The summed E-state index contributed by atoms with van der Waals surface area (Å²) in [5, 5.41) is 38.9. The second-order valence-electron chi connectivity index (χ2n) is 17.8. The van der Waals surface area contributed by atoms with E-state index in [9.17, 15) is 48.6 Å². The minimum absolute atomic E-state index is 0.0129. The molecule has 0 unspecified atom stereocenters. The number of carbonyl (C=O) groups is 8. The number of likely N-dealkylation sites (N-methyl/N-ethyl adjacent to an activating group) is 1. The first kappa shape index (κ1) is 56.1. The highest BCUT2D eigenvalue weighted by Gasteiger charge is 2.44. The molecular formula is C47H65N13O10S2. The summed E-state index contributed by atoms with van der Waals surface area (Å²) in [6, 6.07) is 6.29. The number of aromatic amines is 1. The Hall–Kier alpha value is -6.86. The fourth-order valence-corrected chi connectivity index (χ4v) is 10.8. The zero-order chi connectivity index (χ0) is 52.3. The highest BCUT2D eigenvalue weighted by Crippen LogP contribution is 2.37. The van der Waals surface area contributed by atoms with Crippen molar-refractivity contribution in [3.63, 3.8) is 0 Å². The van der Waals surface area contributed by atoms with E-state index in [0.717, 1.165) is 0 Å². The Labute approximate surface area is 424 Å². The predicted octanol–water partition coefficient (Wildman–Crippen LogP) is -1.18. The number of imidazole rings is 1. The number of aromatic hydroxyl groups is 1. The summed E-state index contributed by atoms with van der Waals surface area (Å²) >= 11 is 0. The minimum Gasteiger partial charge on any atom is -0.508 e. The SMILES string of the molecule is CNCC(=O)N[C@@H](CCCN=C(N)N)C(=O)N[C@H](C(=O)N[C@@H](Cc1ccc(O)cc1)C(=O)N[C@@H]1CCSS[C@@H]2C[C@@H](C(=O)N[C@@H](Cc3ccccc3)C(=O)O)N(C2)C(=O)[C@@H](Cc2cnc[nH]2)NC1=O)C(C)C. The van der Waals surface area contributed by atoms with Crippen LogP contribution in [0.3, 0.4) is 0 Å². The van der Waals surface area contributed by atoms with Gasteiger partial charge in [-0.05, 0) is 61.9 Å². The van der Waals surface area contributed by atoms with E-state index in [2.05, 4.69) is 52.2 Å². The molecule has 390 valence electrons. The van der Waals surface area contributed by atoms with Crippen LogP contribution in [0.5, 0.6) is 5.75 Å². The molecule has 2 saturated heterocycles. The molecule has 3 heterocycles. The lowest BCUT2D eigenvalue weighted by atomic mass is 9.99. The second-order valence-corrected chi connectivity index (χ2v) is 20.6. The number of carboxylic acids is 1. The van der Waals surface area contributed by atoms with Gasteiger partial charge in [-0.2, -0.15) is 0 Å². The first-order chi connectivity index (χ1) is 34.4. The maximum absolute atomic E-state index is 14.7. The van der Waals surface area contributed by atoms with Gasteiger partial charge in [0.15, 0.2) is 5.96 Å². The third kappa shape index (κ3) is 17.2. The van der Waals surface area contributed by atoms with Crippen LogP contribution in [-0.2, 0) is 57.6 Å². The smallest absolute Gasteiger partial charge is 0.326 e. The number of nitrogens with zero attached hydrogens (tertiary/aromatic N) is 3. The van der Waals surface area contributed by atoms with E-state index in [-0.39, 0.29) is 75.1 Å². The molecule has 8 atom stereocenters. The lowest BCUT2D eigenvalue weighted by Gasteiger charge is -2.31. The summed E-state index contributed by atoms with van der Waals surface area (Å²) in [5.74, 6) is -6.25. The highest BCUT2D eigenvalue weighted by molar-refractivity contribution is 8.76. The number of carbonyl (C=O) groups excluding carboxylic acids is 7. The Kier molecular flexibility index (Phi) is 21.5. The maximum atomic E-state index is 14.7. The summed E-state index contributed by atoms with van der Waals surface area (Å²) < 4.78 is 0. The molecule has 0 aliphatic carbocycles. The monoisotopic (exact) mass is 1040 g/mol. The van der Waals surface area contributed by atoms with Crippen LogP contribution in [0.4, 0.5) is 0 Å². The molecule has 7 amide bonds. The zero-order valence-electron chi connectivity index (χ0n) is 40.3. The van der Waals surface area contributed by atoms with Crippen molar-refractivity contribution in [1.82, 2.24) is 52.1 Å². The molecule has 25 heteroatoms. The van der Waals surface area contributed by atoms with E-state index in [1.54, 1.807) is 63.4 Å². The maximum Gasteiger partial charge on any atom is 0.326 e. The number of hydrogen-bond donors (Lipinski definition) is 12. The topological polar surface area (TPSA) is 358 Å². The number of aliphatic imine (C=N–C) groups is 1. The molecule has 2 fully saturated rings. The fraction of sp³-hybridized carbons (Fsp3) is 0.489. The molecule has 14 N–H and O–H groups in total. The number of H-pyrrole nitrogens is 1. The van der Waals surface area contributed by atoms with E-state index in [1.165, 1.54) is 51.1 Å². The molecule has 0 radical (unpaired) electrons. The van der Waals surface area contributed by atoms with Gasteiger partial charge in [0.1, 0.15) is 48.0 Å². The number of phenols is 1. The van der Waals surface area contributed by atoms with Gasteiger partial charge in [-0.3, -0.25) is 38.6 Å². The van der Waals surface area contributed by atoms with Gasteiger partial charge in [0, 0.05) is 55.2 Å². The molecule has 2 aliphatic rings. The van der Waals surface area contributed by atoms with E-state index in [1.807, 2.05) is 0 Å². The van der Waals surface area contributed by atoms with Gasteiger partial charge in [-0.1, -0.05) is 77.9 Å². The number of hydrogen-bond acceptors (Lipinski definition) is 14. The minimum atomic E-state index is -1.35. The van der Waals surface area contributed by atoms with Crippen molar-refractivity contribution < 1.29 is 48.6 Å². The highest BCUT2D eigenvalue weighted by atomic mass is 33.1.